The van der Waals surface area contributed by atoms with Crippen LogP contribution in [0.2, 0.25) is 0 Å². The smallest absolute Gasteiger partial charge is 0.306 e. The summed E-state index contributed by atoms with van der Waals surface area (Å²) in [5.74, 6) is -0.882. The van der Waals surface area contributed by atoms with Crippen LogP contribution < -0.4 is 0 Å². The average Bonchev–Trinajstić information content (AvgIpc) is 3.36. The first kappa shape index (κ1) is 66.9. The lowest BCUT2D eigenvalue weighted by Gasteiger charge is -2.18. The van der Waals surface area contributed by atoms with Crippen LogP contribution in [0.3, 0.4) is 0 Å². The molecule has 0 aromatic heterocycles. The highest BCUT2D eigenvalue weighted by Gasteiger charge is 2.19. The van der Waals surface area contributed by atoms with Gasteiger partial charge in [-0.2, -0.15) is 0 Å². The number of allylic oxidation sites excluding steroid dienone is 12. The van der Waals surface area contributed by atoms with Gasteiger partial charge in [-0.05, 0) is 70.6 Å². The van der Waals surface area contributed by atoms with E-state index in [1.54, 1.807) is 0 Å². The second kappa shape index (κ2) is 58.4. The topological polar surface area (TPSA) is 78.9 Å². The van der Waals surface area contributed by atoms with E-state index >= 15 is 0 Å². The van der Waals surface area contributed by atoms with Crippen LogP contribution >= 0.6 is 0 Å². The van der Waals surface area contributed by atoms with Crippen LogP contribution in [0.5, 0.6) is 0 Å². The molecule has 0 aliphatic carbocycles. The first-order chi connectivity index (χ1) is 34.5. The molecule has 70 heavy (non-hydrogen) atoms. The number of rotatable bonds is 54. The molecule has 0 rings (SSSR count). The second-order valence-electron chi connectivity index (χ2n) is 19.9. The van der Waals surface area contributed by atoms with Gasteiger partial charge in [0.15, 0.2) is 6.10 Å². The summed E-state index contributed by atoms with van der Waals surface area (Å²) >= 11 is 0. The molecule has 0 aromatic carbocycles. The molecule has 0 heterocycles. The van der Waals surface area contributed by atoms with Gasteiger partial charge >= 0.3 is 17.9 Å². The molecule has 6 nitrogen and oxygen atoms in total. The summed E-state index contributed by atoms with van der Waals surface area (Å²) in [5.41, 5.74) is 0. The highest BCUT2D eigenvalue weighted by atomic mass is 16.6. The molecule has 0 saturated carbocycles. The highest BCUT2D eigenvalue weighted by Crippen LogP contribution is 2.16. The van der Waals surface area contributed by atoms with Crippen LogP contribution in [0, 0.1) is 0 Å². The molecule has 0 aliphatic rings. The van der Waals surface area contributed by atoms with Crippen LogP contribution in [0.4, 0.5) is 0 Å². The lowest BCUT2D eigenvalue weighted by Crippen LogP contribution is -2.30. The van der Waals surface area contributed by atoms with E-state index in [4.69, 9.17) is 14.2 Å². The van der Waals surface area contributed by atoms with Gasteiger partial charge in [-0.3, -0.25) is 14.4 Å². The molecule has 0 aromatic rings. The first-order valence-electron chi connectivity index (χ1n) is 29.9. The van der Waals surface area contributed by atoms with Crippen molar-refractivity contribution in [2.45, 2.75) is 303 Å². The van der Waals surface area contributed by atoms with E-state index in [1.807, 2.05) is 0 Å². The van der Waals surface area contributed by atoms with E-state index in [2.05, 4.69) is 93.7 Å². The Morgan fingerprint density at radius 3 is 0.871 bits per heavy atom. The Balaban J connectivity index is 4.27. The predicted molar refractivity (Wildman–Crippen MR) is 302 cm³/mol. The molecule has 0 fully saturated rings. The normalized spacial score (nSPS) is 12.6. The second-order valence-corrected chi connectivity index (χ2v) is 19.9. The maximum Gasteiger partial charge on any atom is 0.306 e. The summed E-state index contributed by atoms with van der Waals surface area (Å²) in [6, 6.07) is 0. The Labute approximate surface area is 433 Å². The van der Waals surface area contributed by atoms with Crippen LogP contribution in [-0.4, -0.2) is 37.2 Å². The summed E-state index contributed by atoms with van der Waals surface area (Å²) in [7, 11) is 0. The summed E-state index contributed by atoms with van der Waals surface area (Å²) in [4.78, 5) is 38.1. The monoisotopic (exact) mass is 977 g/mol. The van der Waals surface area contributed by atoms with Crippen LogP contribution in [0.15, 0.2) is 72.9 Å². The van der Waals surface area contributed by atoms with E-state index in [0.717, 1.165) is 103 Å². The van der Waals surface area contributed by atoms with Crippen molar-refractivity contribution in [3.63, 3.8) is 0 Å². The van der Waals surface area contributed by atoms with Crippen LogP contribution in [-0.2, 0) is 28.6 Å². The molecule has 0 aliphatic heterocycles. The lowest BCUT2D eigenvalue weighted by atomic mass is 10.0. The quantitative estimate of drug-likeness (QED) is 0.0261. The minimum atomic E-state index is -0.778. The number of carbonyl (C=O) groups is 3. The van der Waals surface area contributed by atoms with Crippen molar-refractivity contribution in [1.82, 2.24) is 0 Å². The van der Waals surface area contributed by atoms with Gasteiger partial charge in [0.1, 0.15) is 13.2 Å². The van der Waals surface area contributed by atoms with Crippen molar-refractivity contribution in [2.24, 2.45) is 0 Å². The number of hydrogen-bond acceptors (Lipinski definition) is 6. The van der Waals surface area contributed by atoms with E-state index in [0.29, 0.717) is 19.3 Å². The van der Waals surface area contributed by atoms with E-state index in [9.17, 15) is 14.4 Å². The zero-order chi connectivity index (χ0) is 50.7. The molecule has 0 saturated heterocycles. The van der Waals surface area contributed by atoms with Crippen molar-refractivity contribution in [3.05, 3.63) is 72.9 Å². The van der Waals surface area contributed by atoms with E-state index in [-0.39, 0.29) is 31.1 Å². The largest absolute Gasteiger partial charge is 0.462 e. The molecule has 0 N–H and O–H groups in total. The van der Waals surface area contributed by atoms with Crippen molar-refractivity contribution in [3.8, 4) is 0 Å². The van der Waals surface area contributed by atoms with Gasteiger partial charge in [0.2, 0.25) is 0 Å². The van der Waals surface area contributed by atoms with Crippen molar-refractivity contribution in [2.75, 3.05) is 13.2 Å². The molecule has 0 amide bonds. The Kier molecular flexibility index (Phi) is 55.8. The van der Waals surface area contributed by atoms with Gasteiger partial charge in [-0.15, -0.1) is 0 Å². The van der Waals surface area contributed by atoms with Crippen molar-refractivity contribution in [1.29, 1.82) is 0 Å². The summed E-state index contributed by atoms with van der Waals surface area (Å²) < 4.78 is 16.8. The van der Waals surface area contributed by atoms with Crippen LogP contribution in [0.1, 0.15) is 297 Å². The number of ether oxygens (including phenoxy) is 3. The molecule has 1 unspecified atom stereocenters. The summed E-state index contributed by atoms with van der Waals surface area (Å²) in [5, 5.41) is 0. The third kappa shape index (κ3) is 55.8. The maximum atomic E-state index is 12.8. The van der Waals surface area contributed by atoms with Crippen molar-refractivity contribution < 1.29 is 28.6 Å². The molecule has 0 bridgehead atoms. The zero-order valence-corrected chi connectivity index (χ0v) is 46.3. The maximum absolute atomic E-state index is 12.8. The Morgan fingerprint density at radius 2 is 0.557 bits per heavy atom. The van der Waals surface area contributed by atoms with Gasteiger partial charge in [0, 0.05) is 19.3 Å². The van der Waals surface area contributed by atoms with Gasteiger partial charge in [0.05, 0.1) is 0 Å². The zero-order valence-electron chi connectivity index (χ0n) is 46.3. The fourth-order valence-corrected chi connectivity index (χ4v) is 8.51. The molecule has 0 spiro atoms. The third-order valence-corrected chi connectivity index (χ3v) is 13.0. The predicted octanol–water partition coefficient (Wildman–Crippen LogP) is 20.2. The SMILES string of the molecule is CC/C=C\C/C=C\C/C=C\C/C=C\C/C=C\C/C=C\CCCCCCCCC(=O)OCC(COC(=O)CCCCCCCCCCC)OC(=O)CCCCCCCCCCCCCCCCCCCC. The molecular formula is C64H112O6. The summed E-state index contributed by atoms with van der Waals surface area (Å²) in [6.45, 7) is 6.52. The van der Waals surface area contributed by atoms with E-state index in [1.165, 1.54) is 154 Å². The number of esters is 3. The lowest BCUT2D eigenvalue weighted by molar-refractivity contribution is -0.167. The van der Waals surface area contributed by atoms with Gasteiger partial charge < -0.3 is 14.2 Å². The first-order valence-corrected chi connectivity index (χ1v) is 29.9. The number of carbonyl (C=O) groups excluding carboxylic acids is 3. The third-order valence-electron chi connectivity index (χ3n) is 13.0. The number of unbranched alkanes of at least 4 members (excludes halogenated alkanes) is 31. The molecular weight excluding hydrogens is 865 g/mol. The Hall–Kier alpha value is -3.15. The highest BCUT2D eigenvalue weighted by molar-refractivity contribution is 5.71. The molecule has 6 heteroatoms. The summed E-state index contributed by atoms with van der Waals surface area (Å²) in [6.07, 6.45) is 74.8. The Bertz CT molecular complexity index is 1310. The standard InChI is InChI=1S/C64H112O6/c1-4-7-10-13-16-19-21-23-25-27-29-30-31-32-33-34-35-37-38-40-42-45-48-51-54-57-63(66)69-60-61(59-68-62(65)56-53-50-47-44-18-15-12-9-6-3)70-64(67)58-55-52-49-46-43-41-39-36-28-26-24-22-20-17-14-11-8-5-2/h7,10,16,19,23,25,29-30,32-33,35,37,61H,4-6,8-9,11-15,17-18,20-22,24,26-28,31,34,36,38-60H2,1-3H3/b10-7-,19-16-,25-23-,30-29-,33-32-,37-35-. The van der Waals surface area contributed by atoms with Gasteiger partial charge in [-0.1, -0.05) is 280 Å². The Morgan fingerprint density at radius 1 is 0.300 bits per heavy atom. The van der Waals surface area contributed by atoms with E-state index < -0.39 is 6.10 Å². The fraction of sp³-hybridized carbons (Fsp3) is 0.766. The number of hydrogen-bond donors (Lipinski definition) is 0. The minimum absolute atomic E-state index is 0.0764. The van der Waals surface area contributed by atoms with Gasteiger partial charge in [0.25, 0.3) is 0 Å². The van der Waals surface area contributed by atoms with Gasteiger partial charge in [-0.25, -0.2) is 0 Å². The minimum Gasteiger partial charge on any atom is -0.462 e. The fourth-order valence-electron chi connectivity index (χ4n) is 8.51. The molecule has 1 atom stereocenters. The van der Waals surface area contributed by atoms with Crippen LogP contribution in [0.25, 0.3) is 0 Å². The molecule has 0 radical (unpaired) electrons. The van der Waals surface area contributed by atoms with Crippen molar-refractivity contribution >= 4 is 17.9 Å². The average molecular weight is 978 g/mol. The molecule has 404 valence electrons.